The third-order valence-corrected chi connectivity index (χ3v) is 6.59. The number of benzene rings is 2. The van der Waals surface area contributed by atoms with Gasteiger partial charge in [0.15, 0.2) is 0 Å². The molecule has 0 amide bonds. The minimum Gasteiger partial charge on any atom is -0.0613 e. The molecule has 0 bridgehead atoms. The summed E-state index contributed by atoms with van der Waals surface area (Å²) in [6.07, 6.45) is 1.24. The summed E-state index contributed by atoms with van der Waals surface area (Å²) >= 11 is 0. The maximum atomic E-state index is 2.55. The van der Waals surface area contributed by atoms with E-state index < -0.39 is 0 Å². The predicted octanol–water partition coefficient (Wildman–Crippen LogP) is 6.98. The van der Waals surface area contributed by atoms with Crippen LogP contribution in [0.15, 0.2) is 30.3 Å². The Morgan fingerprint density at radius 3 is 2.20 bits per heavy atom. The molecule has 0 nitrogen and oxygen atoms in total. The number of hydrogen-bond acceptors (Lipinski definition) is 0. The van der Waals surface area contributed by atoms with Crippen LogP contribution in [0.4, 0.5) is 0 Å². The van der Waals surface area contributed by atoms with Gasteiger partial charge >= 0.3 is 0 Å². The minimum absolute atomic E-state index is 0.0849. The van der Waals surface area contributed by atoms with Crippen molar-refractivity contribution in [2.24, 2.45) is 5.41 Å². The van der Waals surface area contributed by atoms with Crippen molar-refractivity contribution in [1.29, 1.82) is 0 Å². The molecule has 0 heterocycles. The molecule has 2 aliphatic rings. The van der Waals surface area contributed by atoms with Crippen molar-refractivity contribution < 1.29 is 0 Å². The Hall–Kier alpha value is -1.56. The average Bonchev–Trinajstić information content (AvgIpc) is 2.66. The molecule has 0 heteroatoms. The van der Waals surface area contributed by atoms with Gasteiger partial charge in [0.2, 0.25) is 0 Å². The highest BCUT2D eigenvalue weighted by Gasteiger charge is 2.43. The van der Waals surface area contributed by atoms with Gasteiger partial charge in [0.1, 0.15) is 0 Å². The molecule has 2 aromatic carbocycles. The predicted molar refractivity (Wildman–Crippen MR) is 109 cm³/mol. The van der Waals surface area contributed by atoms with Gasteiger partial charge in [-0.1, -0.05) is 85.7 Å². The van der Waals surface area contributed by atoms with Crippen LogP contribution in [0.25, 0.3) is 11.1 Å². The Morgan fingerprint density at radius 2 is 1.60 bits per heavy atom. The lowest BCUT2D eigenvalue weighted by Crippen LogP contribution is -2.30. The minimum atomic E-state index is 0.0849. The van der Waals surface area contributed by atoms with Crippen molar-refractivity contribution in [2.45, 2.75) is 78.6 Å². The zero-order valence-electron chi connectivity index (χ0n) is 17.2. The highest BCUT2D eigenvalue weighted by atomic mass is 14.5. The molecule has 132 valence electrons. The highest BCUT2D eigenvalue weighted by Crippen LogP contribution is 2.56. The van der Waals surface area contributed by atoms with Crippen LogP contribution < -0.4 is 0 Å². The van der Waals surface area contributed by atoms with Gasteiger partial charge < -0.3 is 0 Å². The first kappa shape index (κ1) is 16.9. The van der Waals surface area contributed by atoms with Crippen LogP contribution in [0.2, 0.25) is 0 Å². The van der Waals surface area contributed by atoms with E-state index in [1.165, 1.54) is 28.7 Å². The fourth-order valence-electron chi connectivity index (χ4n) is 5.08. The SMILES string of the molecule is CC(C)(C)c1cccc2c1C(C)(C)c1cc3c(cc1-2)CC3C(C)(C)C. The zero-order chi connectivity index (χ0) is 18.4. The van der Waals surface area contributed by atoms with Crippen LogP contribution in [0.5, 0.6) is 0 Å². The summed E-state index contributed by atoms with van der Waals surface area (Å²) in [4.78, 5) is 0. The van der Waals surface area contributed by atoms with E-state index in [2.05, 4.69) is 85.7 Å². The second kappa shape index (κ2) is 4.78. The van der Waals surface area contributed by atoms with E-state index in [9.17, 15) is 0 Å². The van der Waals surface area contributed by atoms with E-state index in [1.54, 1.807) is 16.7 Å². The van der Waals surface area contributed by atoms with Crippen LogP contribution >= 0.6 is 0 Å². The van der Waals surface area contributed by atoms with Gasteiger partial charge in [-0.25, -0.2) is 0 Å². The summed E-state index contributed by atoms with van der Waals surface area (Å²) in [5, 5.41) is 0. The summed E-state index contributed by atoms with van der Waals surface area (Å²) < 4.78 is 0. The van der Waals surface area contributed by atoms with E-state index in [0.717, 1.165) is 0 Å². The van der Waals surface area contributed by atoms with Crippen molar-refractivity contribution in [2.75, 3.05) is 0 Å². The average molecular weight is 333 g/mol. The molecule has 0 aromatic heterocycles. The van der Waals surface area contributed by atoms with Crippen molar-refractivity contribution >= 4 is 0 Å². The second-order valence-corrected chi connectivity index (χ2v) is 10.8. The topological polar surface area (TPSA) is 0 Å². The van der Waals surface area contributed by atoms with E-state index in [-0.39, 0.29) is 10.8 Å². The van der Waals surface area contributed by atoms with Crippen molar-refractivity contribution in [3.63, 3.8) is 0 Å². The number of rotatable bonds is 0. The summed E-state index contributed by atoms with van der Waals surface area (Å²) in [7, 11) is 0. The standard InChI is InChI=1S/C25H32/c1-23(2,3)19-11-9-10-16-18-12-15-13-20(24(4,5)6)17(15)14-21(18)25(7,8)22(16)19/h9-12,14,20H,13H2,1-8H3. The normalized spacial score (nSPS) is 20.6. The lowest BCUT2D eigenvalue weighted by molar-refractivity contribution is 0.291. The summed E-state index contributed by atoms with van der Waals surface area (Å²) in [5.41, 5.74) is 11.3. The Labute approximate surface area is 153 Å². The van der Waals surface area contributed by atoms with Gasteiger partial charge in [-0.05, 0) is 62.1 Å². The molecule has 25 heavy (non-hydrogen) atoms. The van der Waals surface area contributed by atoms with Crippen LogP contribution in [0, 0.1) is 5.41 Å². The third kappa shape index (κ3) is 2.26. The molecular formula is C25H32. The number of hydrogen-bond donors (Lipinski definition) is 0. The van der Waals surface area contributed by atoms with Gasteiger partial charge in [-0.3, -0.25) is 0 Å². The maximum absolute atomic E-state index is 2.55. The second-order valence-electron chi connectivity index (χ2n) is 10.8. The first-order valence-electron chi connectivity index (χ1n) is 9.74. The Bertz CT molecular complexity index is 866. The molecule has 0 aliphatic heterocycles. The monoisotopic (exact) mass is 332 g/mol. The Kier molecular flexibility index (Phi) is 3.23. The van der Waals surface area contributed by atoms with Gasteiger partial charge in [0.25, 0.3) is 0 Å². The largest absolute Gasteiger partial charge is 0.0613 e. The summed E-state index contributed by atoms with van der Waals surface area (Å²) in [5.74, 6) is 0.703. The van der Waals surface area contributed by atoms with Gasteiger partial charge in [0.05, 0.1) is 0 Å². The van der Waals surface area contributed by atoms with Gasteiger partial charge in [-0.15, -0.1) is 0 Å². The first-order valence-corrected chi connectivity index (χ1v) is 9.74. The van der Waals surface area contributed by atoms with Gasteiger partial charge in [0, 0.05) is 5.41 Å². The molecule has 0 saturated heterocycles. The molecule has 2 aliphatic carbocycles. The molecule has 0 saturated carbocycles. The molecule has 2 aromatic rings. The molecule has 0 radical (unpaired) electrons. The molecule has 1 unspecified atom stereocenters. The number of fused-ring (bicyclic) bond motifs is 4. The lowest BCUT2D eigenvalue weighted by atomic mass is 9.63. The Balaban J connectivity index is 1.94. The lowest BCUT2D eigenvalue weighted by Gasteiger charge is -2.41. The van der Waals surface area contributed by atoms with Crippen LogP contribution in [-0.4, -0.2) is 0 Å². The van der Waals surface area contributed by atoms with Crippen LogP contribution in [0.1, 0.15) is 89.1 Å². The molecule has 4 rings (SSSR count). The fraction of sp³-hybridized carbons (Fsp3) is 0.520. The highest BCUT2D eigenvalue weighted by molar-refractivity contribution is 5.83. The quantitative estimate of drug-likeness (QED) is 0.488. The van der Waals surface area contributed by atoms with Crippen molar-refractivity contribution in [3.8, 4) is 11.1 Å². The zero-order valence-corrected chi connectivity index (χ0v) is 17.2. The smallest absolute Gasteiger partial charge is 0.0161 e. The van der Waals surface area contributed by atoms with E-state index in [1.807, 2.05) is 0 Å². The van der Waals surface area contributed by atoms with Crippen LogP contribution in [-0.2, 0) is 17.3 Å². The fourth-order valence-corrected chi connectivity index (χ4v) is 5.08. The molecule has 0 N–H and O–H groups in total. The third-order valence-electron chi connectivity index (χ3n) is 6.59. The first-order chi connectivity index (χ1) is 11.4. The van der Waals surface area contributed by atoms with Gasteiger partial charge in [-0.2, -0.15) is 0 Å². The summed E-state index contributed by atoms with van der Waals surface area (Å²) in [6.45, 7) is 19.0. The maximum Gasteiger partial charge on any atom is 0.0161 e. The van der Waals surface area contributed by atoms with E-state index in [4.69, 9.17) is 0 Å². The van der Waals surface area contributed by atoms with E-state index in [0.29, 0.717) is 11.3 Å². The molecule has 1 atom stereocenters. The van der Waals surface area contributed by atoms with Crippen molar-refractivity contribution in [3.05, 3.63) is 58.1 Å². The molecule has 0 spiro atoms. The molecular weight excluding hydrogens is 300 g/mol. The van der Waals surface area contributed by atoms with Crippen LogP contribution in [0.3, 0.4) is 0 Å². The van der Waals surface area contributed by atoms with Crippen molar-refractivity contribution in [1.82, 2.24) is 0 Å². The molecule has 0 fully saturated rings. The summed E-state index contributed by atoms with van der Waals surface area (Å²) in [6, 6.07) is 12.0. The Morgan fingerprint density at radius 1 is 0.920 bits per heavy atom. The van der Waals surface area contributed by atoms with E-state index >= 15 is 0 Å².